The van der Waals surface area contributed by atoms with Gasteiger partial charge in [0.1, 0.15) is 11.6 Å². The third-order valence-corrected chi connectivity index (χ3v) is 3.35. The van der Waals surface area contributed by atoms with Gasteiger partial charge in [-0.15, -0.1) is 0 Å². The maximum absolute atomic E-state index is 6.09. The molecule has 2 N–H and O–H groups in total. The van der Waals surface area contributed by atoms with Gasteiger partial charge in [-0.05, 0) is 44.0 Å². The summed E-state index contributed by atoms with van der Waals surface area (Å²) in [5.74, 6) is 1.50. The van der Waals surface area contributed by atoms with E-state index in [4.69, 9.17) is 10.5 Å². The molecular formula is C14H19N3O. The van der Waals surface area contributed by atoms with Gasteiger partial charge in [0.15, 0.2) is 0 Å². The molecular weight excluding hydrogens is 226 g/mol. The molecule has 0 spiro atoms. The number of anilines is 1. The van der Waals surface area contributed by atoms with E-state index in [0.717, 1.165) is 22.6 Å². The van der Waals surface area contributed by atoms with Crippen LogP contribution in [0.5, 0.6) is 5.75 Å². The highest BCUT2D eigenvalue weighted by molar-refractivity contribution is 5.81. The highest BCUT2D eigenvalue weighted by Gasteiger charge is 2.17. The number of rotatable bonds is 2. The van der Waals surface area contributed by atoms with Crippen LogP contribution in [0.4, 0.5) is 5.82 Å². The standard InChI is InChI=1S/C14H19N3O/c1-8-6-11(12(18-5)7-9(8)2)13-10(3)16-17(4)14(13)15/h6-7H,15H2,1-5H3. The summed E-state index contributed by atoms with van der Waals surface area (Å²) in [4.78, 5) is 0. The van der Waals surface area contributed by atoms with E-state index < -0.39 is 0 Å². The smallest absolute Gasteiger partial charge is 0.129 e. The molecule has 1 heterocycles. The minimum absolute atomic E-state index is 0.661. The first-order valence-electron chi connectivity index (χ1n) is 5.90. The SMILES string of the molecule is COc1cc(C)c(C)cc1-c1c(C)nn(C)c1N. The predicted octanol–water partition coefficient (Wildman–Crippen LogP) is 2.60. The largest absolute Gasteiger partial charge is 0.496 e. The van der Waals surface area contributed by atoms with Crippen molar-refractivity contribution in [3.8, 4) is 16.9 Å². The third kappa shape index (κ3) is 1.83. The van der Waals surface area contributed by atoms with Crippen LogP contribution in [0.15, 0.2) is 12.1 Å². The van der Waals surface area contributed by atoms with Crippen LogP contribution in [0.1, 0.15) is 16.8 Å². The van der Waals surface area contributed by atoms with Crippen LogP contribution in [0.3, 0.4) is 0 Å². The van der Waals surface area contributed by atoms with Crippen molar-refractivity contribution in [1.82, 2.24) is 9.78 Å². The minimum Gasteiger partial charge on any atom is -0.496 e. The number of hydrogen-bond acceptors (Lipinski definition) is 3. The van der Waals surface area contributed by atoms with Crippen LogP contribution in [0, 0.1) is 20.8 Å². The summed E-state index contributed by atoms with van der Waals surface area (Å²) in [5, 5.41) is 4.35. The lowest BCUT2D eigenvalue weighted by molar-refractivity contribution is 0.416. The second-order valence-electron chi connectivity index (χ2n) is 4.61. The second kappa shape index (κ2) is 4.37. The maximum atomic E-state index is 6.09. The summed E-state index contributed by atoms with van der Waals surface area (Å²) in [5.41, 5.74) is 11.4. The van der Waals surface area contributed by atoms with Gasteiger partial charge < -0.3 is 10.5 Å². The third-order valence-electron chi connectivity index (χ3n) is 3.35. The quantitative estimate of drug-likeness (QED) is 0.884. The normalized spacial score (nSPS) is 10.7. The summed E-state index contributed by atoms with van der Waals surface area (Å²) in [6.07, 6.45) is 0. The van der Waals surface area contributed by atoms with Crippen LogP contribution < -0.4 is 10.5 Å². The lowest BCUT2D eigenvalue weighted by atomic mass is 9.99. The molecule has 0 saturated carbocycles. The molecule has 0 bridgehead atoms. The summed E-state index contributed by atoms with van der Waals surface area (Å²) in [7, 11) is 3.52. The molecule has 0 aliphatic carbocycles. The summed E-state index contributed by atoms with van der Waals surface area (Å²) >= 11 is 0. The molecule has 96 valence electrons. The average molecular weight is 245 g/mol. The van der Waals surface area contributed by atoms with Gasteiger partial charge in [-0.25, -0.2) is 0 Å². The molecule has 0 radical (unpaired) electrons. The van der Waals surface area contributed by atoms with E-state index in [9.17, 15) is 0 Å². The average Bonchev–Trinajstić information content (AvgIpc) is 2.57. The van der Waals surface area contributed by atoms with Gasteiger partial charge in [-0.3, -0.25) is 4.68 Å². The van der Waals surface area contributed by atoms with Gasteiger partial charge in [0.2, 0.25) is 0 Å². The van der Waals surface area contributed by atoms with Crippen LogP contribution in [-0.4, -0.2) is 16.9 Å². The number of aromatic nitrogens is 2. The first-order chi connectivity index (χ1) is 8.45. The topological polar surface area (TPSA) is 53.1 Å². The van der Waals surface area contributed by atoms with E-state index in [1.165, 1.54) is 11.1 Å². The van der Waals surface area contributed by atoms with E-state index in [-0.39, 0.29) is 0 Å². The van der Waals surface area contributed by atoms with Gasteiger partial charge in [0.25, 0.3) is 0 Å². The van der Waals surface area contributed by atoms with Crippen molar-refractivity contribution in [3.63, 3.8) is 0 Å². The zero-order valence-corrected chi connectivity index (χ0v) is 11.5. The van der Waals surface area contributed by atoms with Gasteiger partial charge in [0, 0.05) is 12.6 Å². The van der Waals surface area contributed by atoms with Crippen LogP contribution in [-0.2, 0) is 7.05 Å². The Balaban J connectivity index is 2.74. The Morgan fingerprint density at radius 1 is 1.17 bits per heavy atom. The number of nitrogens with zero attached hydrogens (tertiary/aromatic N) is 2. The number of hydrogen-bond donors (Lipinski definition) is 1. The van der Waals surface area contributed by atoms with Crippen molar-refractivity contribution in [2.75, 3.05) is 12.8 Å². The lowest BCUT2D eigenvalue weighted by Gasteiger charge is -2.12. The lowest BCUT2D eigenvalue weighted by Crippen LogP contribution is -1.99. The number of nitrogen functional groups attached to an aromatic ring is 1. The zero-order chi connectivity index (χ0) is 13.4. The Morgan fingerprint density at radius 3 is 2.28 bits per heavy atom. The molecule has 4 heteroatoms. The number of nitrogens with two attached hydrogens (primary N) is 1. The van der Waals surface area contributed by atoms with Gasteiger partial charge in [-0.2, -0.15) is 5.10 Å². The monoisotopic (exact) mass is 245 g/mol. The Kier molecular flexibility index (Phi) is 3.03. The first-order valence-corrected chi connectivity index (χ1v) is 5.90. The molecule has 1 aromatic carbocycles. The predicted molar refractivity (Wildman–Crippen MR) is 73.8 cm³/mol. The minimum atomic E-state index is 0.661. The Bertz CT molecular complexity index is 600. The molecule has 4 nitrogen and oxygen atoms in total. The van der Waals surface area contributed by atoms with Gasteiger partial charge in [0.05, 0.1) is 18.4 Å². The number of benzene rings is 1. The maximum Gasteiger partial charge on any atom is 0.129 e. The Hall–Kier alpha value is -1.97. The van der Waals surface area contributed by atoms with Crippen LogP contribution in [0.25, 0.3) is 11.1 Å². The molecule has 2 rings (SSSR count). The van der Waals surface area contributed by atoms with E-state index >= 15 is 0 Å². The van der Waals surface area contributed by atoms with Gasteiger partial charge in [-0.1, -0.05) is 0 Å². The molecule has 18 heavy (non-hydrogen) atoms. The van der Waals surface area contributed by atoms with Crippen LogP contribution >= 0.6 is 0 Å². The molecule has 0 amide bonds. The van der Waals surface area contributed by atoms with Crippen molar-refractivity contribution in [1.29, 1.82) is 0 Å². The molecule has 0 aliphatic rings. The van der Waals surface area contributed by atoms with Crippen molar-refractivity contribution in [2.24, 2.45) is 7.05 Å². The van der Waals surface area contributed by atoms with E-state index in [2.05, 4.69) is 25.0 Å². The molecule has 0 aliphatic heterocycles. The highest BCUT2D eigenvalue weighted by atomic mass is 16.5. The van der Waals surface area contributed by atoms with E-state index in [0.29, 0.717) is 5.82 Å². The summed E-state index contributed by atoms with van der Waals surface area (Å²) in [6.45, 7) is 6.11. The molecule has 0 atom stereocenters. The first kappa shape index (κ1) is 12.5. The molecule has 0 fully saturated rings. The van der Waals surface area contributed by atoms with Crippen LogP contribution in [0.2, 0.25) is 0 Å². The highest BCUT2D eigenvalue weighted by Crippen LogP contribution is 2.37. The summed E-state index contributed by atoms with van der Waals surface area (Å²) < 4.78 is 7.16. The Labute approximate surface area is 107 Å². The molecule has 0 unspecified atom stereocenters. The molecule has 0 saturated heterocycles. The fourth-order valence-corrected chi connectivity index (χ4v) is 2.16. The Morgan fingerprint density at radius 2 is 1.78 bits per heavy atom. The van der Waals surface area contributed by atoms with Crippen molar-refractivity contribution in [3.05, 3.63) is 29.0 Å². The van der Waals surface area contributed by atoms with Gasteiger partial charge >= 0.3 is 0 Å². The summed E-state index contributed by atoms with van der Waals surface area (Å²) in [6, 6.07) is 4.14. The molecule has 2 aromatic rings. The van der Waals surface area contributed by atoms with E-state index in [1.54, 1.807) is 11.8 Å². The van der Waals surface area contributed by atoms with Crippen molar-refractivity contribution < 1.29 is 4.74 Å². The zero-order valence-electron chi connectivity index (χ0n) is 11.5. The van der Waals surface area contributed by atoms with Crippen molar-refractivity contribution >= 4 is 5.82 Å². The second-order valence-corrected chi connectivity index (χ2v) is 4.61. The fraction of sp³-hybridized carbons (Fsp3) is 0.357. The molecule has 1 aromatic heterocycles. The van der Waals surface area contributed by atoms with Crippen molar-refractivity contribution in [2.45, 2.75) is 20.8 Å². The van der Waals surface area contributed by atoms with E-state index in [1.807, 2.05) is 20.0 Å². The number of aryl methyl sites for hydroxylation is 4. The number of methoxy groups -OCH3 is 1. The fourth-order valence-electron chi connectivity index (χ4n) is 2.16. The number of ether oxygens (including phenoxy) is 1.